The molecule has 2 aromatic carbocycles. The van der Waals surface area contributed by atoms with E-state index in [0.29, 0.717) is 18.1 Å². The van der Waals surface area contributed by atoms with Gasteiger partial charge in [0.15, 0.2) is 11.5 Å². The lowest BCUT2D eigenvalue weighted by molar-refractivity contribution is 0.320. The molecule has 0 heterocycles. The SMILES string of the molecule is CCOc1[c]cccc1Oc1cccc(C)c1C. The van der Waals surface area contributed by atoms with Crippen molar-refractivity contribution in [1.29, 1.82) is 0 Å². The maximum absolute atomic E-state index is 5.92. The van der Waals surface area contributed by atoms with Crippen LogP contribution in [-0.2, 0) is 0 Å². The van der Waals surface area contributed by atoms with E-state index in [1.54, 1.807) is 0 Å². The van der Waals surface area contributed by atoms with Gasteiger partial charge in [-0.3, -0.25) is 0 Å². The highest BCUT2D eigenvalue weighted by atomic mass is 16.5. The second-order valence-electron chi connectivity index (χ2n) is 4.10. The van der Waals surface area contributed by atoms with Gasteiger partial charge in [-0.1, -0.05) is 24.3 Å². The van der Waals surface area contributed by atoms with E-state index in [-0.39, 0.29) is 0 Å². The molecule has 0 spiro atoms. The zero-order valence-electron chi connectivity index (χ0n) is 11.0. The van der Waals surface area contributed by atoms with E-state index in [4.69, 9.17) is 9.47 Å². The van der Waals surface area contributed by atoms with Gasteiger partial charge < -0.3 is 9.47 Å². The van der Waals surface area contributed by atoms with Gasteiger partial charge in [0.2, 0.25) is 0 Å². The average molecular weight is 241 g/mol. The third-order valence-electron chi connectivity index (χ3n) is 2.85. The van der Waals surface area contributed by atoms with Crippen LogP contribution in [0.3, 0.4) is 0 Å². The normalized spacial score (nSPS) is 10.2. The first-order valence-corrected chi connectivity index (χ1v) is 6.10. The molecule has 0 atom stereocenters. The van der Waals surface area contributed by atoms with Gasteiger partial charge in [-0.2, -0.15) is 0 Å². The fourth-order valence-corrected chi connectivity index (χ4v) is 1.70. The second kappa shape index (κ2) is 5.58. The van der Waals surface area contributed by atoms with Crippen LogP contribution in [0.15, 0.2) is 36.4 Å². The molecule has 0 bridgehead atoms. The van der Waals surface area contributed by atoms with E-state index in [1.165, 1.54) is 5.56 Å². The van der Waals surface area contributed by atoms with Crippen molar-refractivity contribution in [2.45, 2.75) is 20.8 Å². The molecule has 93 valence electrons. The Balaban J connectivity index is 2.31. The van der Waals surface area contributed by atoms with Crippen LogP contribution in [0.25, 0.3) is 0 Å². The summed E-state index contributed by atoms with van der Waals surface area (Å²) in [7, 11) is 0. The molecule has 0 aliphatic rings. The molecular weight excluding hydrogens is 224 g/mol. The van der Waals surface area contributed by atoms with Gasteiger partial charge in [-0.15, -0.1) is 0 Å². The van der Waals surface area contributed by atoms with E-state index in [0.717, 1.165) is 11.3 Å². The number of hydrogen-bond donors (Lipinski definition) is 0. The topological polar surface area (TPSA) is 18.5 Å². The van der Waals surface area contributed by atoms with Crippen molar-refractivity contribution in [3.8, 4) is 17.2 Å². The van der Waals surface area contributed by atoms with Crippen LogP contribution in [-0.4, -0.2) is 6.61 Å². The summed E-state index contributed by atoms with van der Waals surface area (Å²) in [6, 6.07) is 14.7. The van der Waals surface area contributed by atoms with E-state index in [9.17, 15) is 0 Å². The Bertz CT molecular complexity index is 532. The van der Waals surface area contributed by atoms with Crippen molar-refractivity contribution < 1.29 is 9.47 Å². The Morgan fingerprint density at radius 3 is 2.61 bits per heavy atom. The van der Waals surface area contributed by atoms with Gasteiger partial charge in [0.1, 0.15) is 5.75 Å². The molecule has 2 rings (SSSR count). The highest BCUT2D eigenvalue weighted by Crippen LogP contribution is 2.33. The molecule has 2 heteroatoms. The van der Waals surface area contributed by atoms with E-state index >= 15 is 0 Å². The minimum atomic E-state index is 0.601. The molecule has 2 aromatic rings. The maximum Gasteiger partial charge on any atom is 0.169 e. The summed E-state index contributed by atoms with van der Waals surface area (Å²) in [5, 5.41) is 0. The second-order valence-corrected chi connectivity index (χ2v) is 4.10. The van der Waals surface area contributed by atoms with E-state index in [2.05, 4.69) is 26.0 Å². The number of benzene rings is 2. The lowest BCUT2D eigenvalue weighted by atomic mass is 10.1. The van der Waals surface area contributed by atoms with Crippen molar-refractivity contribution >= 4 is 0 Å². The maximum atomic E-state index is 5.92. The fourth-order valence-electron chi connectivity index (χ4n) is 1.70. The summed E-state index contributed by atoms with van der Waals surface area (Å²) in [4.78, 5) is 0. The van der Waals surface area contributed by atoms with Crippen molar-refractivity contribution in [2.75, 3.05) is 6.61 Å². The van der Waals surface area contributed by atoms with Gasteiger partial charge in [-0.05, 0) is 44.0 Å². The molecule has 1 radical (unpaired) electrons. The summed E-state index contributed by atoms with van der Waals surface area (Å²) >= 11 is 0. The standard InChI is InChI=1S/C16H17O2/c1-4-17-15-9-5-6-10-16(15)18-14-11-7-8-12(2)13(14)3/h5-8,10-11H,4H2,1-3H3. The van der Waals surface area contributed by atoms with Crippen LogP contribution < -0.4 is 9.47 Å². The molecule has 0 unspecified atom stereocenters. The first-order valence-electron chi connectivity index (χ1n) is 6.10. The third kappa shape index (κ3) is 2.65. The molecule has 0 saturated heterocycles. The molecule has 2 nitrogen and oxygen atoms in total. The summed E-state index contributed by atoms with van der Waals surface area (Å²) in [6.45, 7) is 6.67. The Kier molecular flexibility index (Phi) is 3.88. The van der Waals surface area contributed by atoms with Crippen molar-refractivity contribution in [1.82, 2.24) is 0 Å². The fraction of sp³-hybridized carbons (Fsp3) is 0.250. The summed E-state index contributed by atoms with van der Waals surface area (Å²) in [6.07, 6.45) is 0. The van der Waals surface area contributed by atoms with Crippen molar-refractivity contribution in [3.05, 3.63) is 53.6 Å². The van der Waals surface area contributed by atoms with Crippen LogP contribution in [0.5, 0.6) is 17.2 Å². The number of ether oxygens (including phenoxy) is 2. The highest BCUT2D eigenvalue weighted by Gasteiger charge is 2.08. The molecule has 0 N–H and O–H groups in total. The number of para-hydroxylation sites is 1. The largest absolute Gasteiger partial charge is 0.489 e. The Labute approximate surface area is 108 Å². The number of rotatable bonds is 4. The first kappa shape index (κ1) is 12.5. The van der Waals surface area contributed by atoms with Gasteiger partial charge >= 0.3 is 0 Å². The van der Waals surface area contributed by atoms with Crippen LogP contribution in [0, 0.1) is 19.9 Å². The van der Waals surface area contributed by atoms with E-state index in [1.807, 2.05) is 37.3 Å². The lowest BCUT2D eigenvalue weighted by Gasteiger charge is -2.13. The molecular formula is C16H17O2. The molecule has 0 saturated carbocycles. The predicted molar refractivity (Wildman–Crippen MR) is 72.4 cm³/mol. The summed E-state index contributed by atoms with van der Waals surface area (Å²) in [5.41, 5.74) is 2.36. The molecule has 0 amide bonds. The number of aryl methyl sites for hydroxylation is 1. The smallest absolute Gasteiger partial charge is 0.169 e. The molecule has 0 aliphatic heterocycles. The molecule has 18 heavy (non-hydrogen) atoms. The Hall–Kier alpha value is -1.96. The monoisotopic (exact) mass is 241 g/mol. The van der Waals surface area contributed by atoms with Gasteiger partial charge in [0.25, 0.3) is 0 Å². The quantitative estimate of drug-likeness (QED) is 0.794. The first-order chi connectivity index (χ1) is 8.72. The van der Waals surface area contributed by atoms with Crippen molar-refractivity contribution in [3.63, 3.8) is 0 Å². The van der Waals surface area contributed by atoms with Crippen LogP contribution in [0.4, 0.5) is 0 Å². The third-order valence-corrected chi connectivity index (χ3v) is 2.85. The molecule has 0 fully saturated rings. The van der Waals surface area contributed by atoms with E-state index < -0.39 is 0 Å². The zero-order valence-corrected chi connectivity index (χ0v) is 11.0. The summed E-state index contributed by atoms with van der Waals surface area (Å²) < 4.78 is 11.4. The minimum absolute atomic E-state index is 0.601. The summed E-state index contributed by atoms with van der Waals surface area (Å²) in [5.74, 6) is 2.21. The van der Waals surface area contributed by atoms with Gasteiger partial charge in [-0.25, -0.2) is 0 Å². The van der Waals surface area contributed by atoms with Crippen LogP contribution >= 0.6 is 0 Å². The van der Waals surface area contributed by atoms with Crippen LogP contribution in [0.2, 0.25) is 0 Å². The van der Waals surface area contributed by atoms with Gasteiger partial charge in [0, 0.05) is 6.07 Å². The van der Waals surface area contributed by atoms with Gasteiger partial charge in [0.05, 0.1) is 6.61 Å². The Morgan fingerprint density at radius 1 is 1.06 bits per heavy atom. The zero-order chi connectivity index (χ0) is 13.0. The number of hydrogen-bond acceptors (Lipinski definition) is 2. The predicted octanol–water partition coefficient (Wildman–Crippen LogP) is 4.29. The Morgan fingerprint density at radius 2 is 1.83 bits per heavy atom. The lowest BCUT2D eigenvalue weighted by Crippen LogP contribution is -1.96. The van der Waals surface area contributed by atoms with Crippen molar-refractivity contribution in [2.24, 2.45) is 0 Å². The minimum Gasteiger partial charge on any atom is -0.489 e. The highest BCUT2D eigenvalue weighted by molar-refractivity contribution is 5.45. The molecule has 0 aromatic heterocycles. The van der Waals surface area contributed by atoms with Crippen LogP contribution in [0.1, 0.15) is 18.1 Å². The molecule has 0 aliphatic carbocycles. The average Bonchev–Trinajstić information content (AvgIpc) is 2.37.